The van der Waals surface area contributed by atoms with Gasteiger partial charge in [0.15, 0.2) is 5.65 Å². The van der Waals surface area contributed by atoms with Crippen LogP contribution < -0.4 is 0 Å². The molecule has 1 atom stereocenters. The summed E-state index contributed by atoms with van der Waals surface area (Å²) in [6.07, 6.45) is 4.67. The lowest BCUT2D eigenvalue weighted by Crippen LogP contribution is -2.40. The van der Waals surface area contributed by atoms with Gasteiger partial charge in [0.2, 0.25) is 0 Å². The molecule has 4 aromatic heterocycles. The summed E-state index contributed by atoms with van der Waals surface area (Å²) in [7, 11) is -4.07. The molecule has 5 aromatic rings. The lowest BCUT2D eigenvalue weighted by molar-refractivity contribution is -0.148. The Morgan fingerprint density at radius 1 is 1.02 bits per heavy atom. The average molecular weight is 561 g/mol. The smallest absolute Gasteiger partial charge is 0.408 e. The monoisotopic (exact) mass is 560 g/mol. The van der Waals surface area contributed by atoms with Gasteiger partial charge < -0.3 is 9.84 Å². The fourth-order valence-corrected chi connectivity index (χ4v) is 6.67. The molecule has 0 saturated carbocycles. The summed E-state index contributed by atoms with van der Waals surface area (Å²) in [5, 5.41) is 18.5. The first kappa shape index (κ1) is 25.5. The standard InChI is InChI=1S/C27H24N6O6S/c34-26(24-9-5-14-31(24)27(35)36)39-15-11-18-16-21-20(22-17-30-33-23(22)8-4-12-29-33)10-13-28-25(21)32(18)40(37,38)19-6-2-1-3-7-19/h1-4,6-8,10,12-13,16-17,24H,5,9,11,14-15H2,(H,35,36)/t24-/m0/s1. The van der Waals surface area contributed by atoms with Gasteiger partial charge in [-0.3, -0.25) is 4.90 Å². The number of aromatic nitrogens is 5. The molecule has 40 heavy (non-hydrogen) atoms. The highest BCUT2D eigenvalue weighted by atomic mass is 32.2. The summed E-state index contributed by atoms with van der Waals surface area (Å²) >= 11 is 0. The van der Waals surface area contributed by atoms with Gasteiger partial charge in [-0.15, -0.1) is 0 Å². The van der Waals surface area contributed by atoms with Crippen LogP contribution in [-0.4, -0.2) is 73.5 Å². The zero-order valence-electron chi connectivity index (χ0n) is 21.1. The van der Waals surface area contributed by atoms with E-state index in [-0.39, 0.29) is 30.1 Å². The predicted molar refractivity (Wildman–Crippen MR) is 143 cm³/mol. The molecule has 5 heterocycles. The number of hydrogen-bond donors (Lipinski definition) is 1. The van der Waals surface area contributed by atoms with E-state index in [4.69, 9.17) is 4.74 Å². The Hall–Kier alpha value is -4.78. The van der Waals surface area contributed by atoms with Crippen molar-refractivity contribution in [2.75, 3.05) is 13.2 Å². The van der Waals surface area contributed by atoms with Gasteiger partial charge in [0, 0.05) is 42.0 Å². The molecular formula is C27H24N6O6S. The Bertz CT molecular complexity index is 1850. The fraction of sp³-hybridized carbons (Fsp3) is 0.222. The van der Waals surface area contributed by atoms with Crippen LogP contribution in [0.15, 0.2) is 78.1 Å². The molecular weight excluding hydrogens is 536 g/mol. The maximum absolute atomic E-state index is 13.9. The van der Waals surface area contributed by atoms with E-state index in [1.165, 1.54) is 20.7 Å². The normalized spacial score (nSPS) is 15.6. The molecule has 1 aromatic carbocycles. The third kappa shape index (κ3) is 4.33. The van der Waals surface area contributed by atoms with Gasteiger partial charge in [-0.1, -0.05) is 18.2 Å². The highest BCUT2D eigenvalue weighted by molar-refractivity contribution is 7.90. The number of rotatable bonds is 7. The quantitative estimate of drug-likeness (QED) is 0.296. The number of hydrogen-bond acceptors (Lipinski definition) is 8. The predicted octanol–water partition coefficient (Wildman–Crippen LogP) is 3.21. The van der Waals surface area contributed by atoms with Crippen molar-refractivity contribution in [1.82, 2.24) is 28.7 Å². The Balaban J connectivity index is 1.41. The van der Waals surface area contributed by atoms with E-state index in [0.717, 1.165) is 21.5 Å². The topological polar surface area (TPSA) is 149 Å². The van der Waals surface area contributed by atoms with Crippen LogP contribution >= 0.6 is 0 Å². The van der Waals surface area contributed by atoms with E-state index < -0.39 is 28.1 Å². The van der Waals surface area contributed by atoms with E-state index in [1.54, 1.807) is 55.0 Å². The van der Waals surface area contributed by atoms with Crippen molar-refractivity contribution in [2.24, 2.45) is 0 Å². The second-order valence-electron chi connectivity index (χ2n) is 9.32. The Morgan fingerprint density at radius 2 is 1.85 bits per heavy atom. The van der Waals surface area contributed by atoms with Gasteiger partial charge in [0.05, 0.1) is 23.2 Å². The second-order valence-corrected chi connectivity index (χ2v) is 11.1. The van der Waals surface area contributed by atoms with Gasteiger partial charge in [0.25, 0.3) is 10.0 Å². The first-order chi connectivity index (χ1) is 19.4. The molecule has 12 nitrogen and oxygen atoms in total. The van der Waals surface area contributed by atoms with E-state index in [2.05, 4.69) is 15.2 Å². The first-order valence-electron chi connectivity index (χ1n) is 12.6. The van der Waals surface area contributed by atoms with Crippen molar-refractivity contribution in [1.29, 1.82) is 0 Å². The van der Waals surface area contributed by atoms with E-state index >= 15 is 0 Å². The Labute approximate surface area is 228 Å². The molecule has 1 aliphatic rings. The zero-order chi connectivity index (χ0) is 27.9. The van der Waals surface area contributed by atoms with Crippen molar-refractivity contribution in [3.05, 3.63) is 78.9 Å². The van der Waals surface area contributed by atoms with Crippen LogP contribution in [0.25, 0.3) is 27.7 Å². The summed E-state index contributed by atoms with van der Waals surface area (Å²) in [4.78, 5) is 29.7. The lowest BCUT2D eigenvalue weighted by atomic mass is 10.1. The molecule has 1 N–H and O–H groups in total. The van der Waals surface area contributed by atoms with Crippen molar-refractivity contribution in [3.8, 4) is 11.1 Å². The number of nitrogens with zero attached hydrogens (tertiary/aromatic N) is 6. The van der Waals surface area contributed by atoms with Crippen molar-refractivity contribution < 1.29 is 27.9 Å². The lowest BCUT2D eigenvalue weighted by Gasteiger charge is -2.20. The highest BCUT2D eigenvalue weighted by Gasteiger charge is 2.35. The number of ether oxygens (including phenoxy) is 1. The fourth-order valence-electron chi connectivity index (χ4n) is 5.14. The minimum Gasteiger partial charge on any atom is -0.465 e. The second kappa shape index (κ2) is 10.1. The van der Waals surface area contributed by atoms with Crippen LogP contribution in [0.3, 0.4) is 0 Å². The number of fused-ring (bicyclic) bond motifs is 2. The number of pyridine rings is 1. The molecule has 6 rings (SSSR count). The largest absolute Gasteiger partial charge is 0.465 e. The molecule has 1 amide bonds. The molecule has 0 radical (unpaired) electrons. The first-order valence-corrected chi connectivity index (χ1v) is 14.1. The summed E-state index contributed by atoms with van der Waals surface area (Å²) in [6, 6.07) is 14.3. The van der Waals surface area contributed by atoms with Crippen LogP contribution in [0, 0.1) is 0 Å². The molecule has 0 aliphatic carbocycles. The van der Waals surface area contributed by atoms with E-state index in [9.17, 15) is 23.1 Å². The summed E-state index contributed by atoms with van der Waals surface area (Å²) < 4.78 is 35.9. The summed E-state index contributed by atoms with van der Waals surface area (Å²) in [5.41, 5.74) is 2.80. The molecule has 1 saturated heterocycles. The van der Waals surface area contributed by atoms with Crippen molar-refractivity contribution >= 4 is 38.6 Å². The van der Waals surface area contributed by atoms with E-state index in [1.807, 2.05) is 6.07 Å². The van der Waals surface area contributed by atoms with Gasteiger partial charge in [-0.05, 0) is 54.8 Å². The third-order valence-electron chi connectivity index (χ3n) is 6.98. The number of likely N-dealkylation sites (tertiary alicyclic amines) is 1. The molecule has 0 unspecified atom stereocenters. The number of benzene rings is 1. The molecule has 0 bridgehead atoms. The van der Waals surface area contributed by atoms with Crippen molar-refractivity contribution in [2.45, 2.75) is 30.2 Å². The number of amides is 1. The highest BCUT2D eigenvalue weighted by Crippen LogP contribution is 2.34. The van der Waals surface area contributed by atoms with Crippen LogP contribution in [0.4, 0.5) is 4.79 Å². The molecule has 204 valence electrons. The Morgan fingerprint density at radius 3 is 2.65 bits per heavy atom. The number of carbonyl (C=O) groups excluding carboxylic acids is 1. The van der Waals surface area contributed by atoms with Gasteiger partial charge in [-0.25, -0.2) is 27.0 Å². The van der Waals surface area contributed by atoms with Crippen LogP contribution in [0.1, 0.15) is 18.5 Å². The molecule has 1 aliphatic heterocycles. The Kier molecular flexibility index (Phi) is 6.42. The maximum atomic E-state index is 13.9. The third-order valence-corrected chi connectivity index (χ3v) is 8.74. The molecule has 0 spiro atoms. The minimum atomic E-state index is -4.07. The van der Waals surface area contributed by atoms with Crippen molar-refractivity contribution in [3.63, 3.8) is 0 Å². The number of esters is 1. The van der Waals surface area contributed by atoms with Gasteiger partial charge in [-0.2, -0.15) is 14.8 Å². The molecule has 13 heteroatoms. The van der Waals surface area contributed by atoms with Crippen LogP contribution in [0.5, 0.6) is 0 Å². The van der Waals surface area contributed by atoms with Gasteiger partial charge >= 0.3 is 12.1 Å². The van der Waals surface area contributed by atoms with Crippen LogP contribution in [-0.2, 0) is 26.0 Å². The molecule has 1 fully saturated rings. The van der Waals surface area contributed by atoms with Gasteiger partial charge in [0.1, 0.15) is 6.04 Å². The summed E-state index contributed by atoms with van der Waals surface area (Å²) in [6.45, 7) is 0.131. The number of carbonyl (C=O) groups is 2. The average Bonchev–Trinajstić information content (AvgIpc) is 3.70. The number of carboxylic acid groups (broad SMARTS) is 1. The summed E-state index contributed by atoms with van der Waals surface area (Å²) in [5.74, 6) is -0.647. The van der Waals surface area contributed by atoms with E-state index in [0.29, 0.717) is 23.9 Å². The zero-order valence-corrected chi connectivity index (χ0v) is 21.9. The SMILES string of the molecule is O=C(OCCc1cc2c(-c3cnn4ncccc34)ccnc2n1S(=O)(=O)c1ccccc1)[C@@H]1CCCN1C(=O)O. The minimum absolute atomic E-state index is 0.0592. The van der Waals surface area contributed by atoms with Crippen LogP contribution in [0.2, 0.25) is 0 Å². The maximum Gasteiger partial charge on any atom is 0.408 e.